The van der Waals surface area contributed by atoms with Crippen molar-refractivity contribution in [1.82, 2.24) is 0 Å². The van der Waals surface area contributed by atoms with Gasteiger partial charge in [0.05, 0.1) is 10.0 Å². The van der Waals surface area contributed by atoms with Gasteiger partial charge in [-0.1, -0.05) is 69.9 Å². The third-order valence-electron chi connectivity index (χ3n) is 4.12. The molecule has 1 aromatic carbocycles. The summed E-state index contributed by atoms with van der Waals surface area (Å²) >= 11 is 1.82. The Bertz CT molecular complexity index is 567. The van der Waals surface area contributed by atoms with Gasteiger partial charge in [0.15, 0.2) is 0 Å². The van der Waals surface area contributed by atoms with Crippen LogP contribution in [0, 0.1) is 7.43 Å². The molecule has 0 heterocycles. The zero-order valence-corrected chi connectivity index (χ0v) is 17.8. The average molecular weight is 460 g/mol. The Morgan fingerprint density at radius 1 is 1.21 bits per heavy atom. The summed E-state index contributed by atoms with van der Waals surface area (Å²) in [5.74, 6) is -0.00671. The standard InChI is InChI=1S/C16H24N2O2S.CH3.ClH.Ru/c1-16(2,13-8-4-3-5-9-13)12-21(19,20)18-15-11-7-6-10-14(15)17;;;/h3-5,8-9,14-15,17H,6-7,10-12H2,1-2H3;1H3;1H;/q-2;-1;;+4/p-1. The number of sulfonamides is 1. The third-order valence-corrected chi connectivity index (χ3v) is 5.80. The molecule has 2 rings (SSSR count). The predicted molar refractivity (Wildman–Crippen MR) is 99.2 cm³/mol. The molecule has 1 fully saturated rings. The van der Waals surface area contributed by atoms with Crippen molar-refractivity contribution in [2.45, 2.75) is 57.0 Å². The molecule has 0 saturated heterocycles. The van der Waals surface area contributed by atoms with E-state index in [4.69, 9.17) is 5.73 Å². The zero-order chi connectivity index (χ0) is 17.5. The molecule has 24 heavy (non-hydrogen) atoms. The summed E-state index contributed by atoms with van der Waals surface area (Å²) in [7, 11) is 1.05. The predicted octanol–water partition coefficient (Wildman–Crippen LogP) is 5.17. The van der Waals surface area contributed by atoms with Crippen LogP contribution in [0.15, 0.2) is 30.3 Å². The van der Waals surface area contributed by atoms with Crippen molar-refractivity contribution in [1.29, 1.82) is 0 Å². The monoisotopic (exact) mass is 460 g/mol. The molecule has 1 aliphatic rings. The fourth-order valence-electron chi connectivity index (χ4n) is 2.91. The molecule has 0 spiro atoms. The van der Waals surface area contributed by atoms with Crippen molar-refractivity contribution in [2.75, 3.05) is 5.75 Å². The Kier molecular flexibility index (Phi) is 10.9. The van der Waals surface area contributed by atoms with E-state index in [0.29, 0.717) is 0 Å². The summed E-state index contributed by atoms with van der Waals surface area (Å²) in [6.07, 6.45) is 3.46. The van der Waals surface area contributed by atoms with Crippen LogP contribution < -0.4 is 0 Å². The van der Waals surface area contributed by atoms with Gasteiger partial charge in [-0.05, 0) is 5.56 Å². The van der Waals surface area contributed by atoms with E-state index >= 15 is 0 Å². The Morgan fingerprint density at radius 2 is 1.75 bits per heavy atom. The fraction of sp³-hybridized carbons (Fsp3) is 0.588. The van der Waals surface area contributed by atoms with Gasteiger partial charge in [-0.15, -0.1) is 6.04 Å². The molecule has 1 saturated carbocycles. The minimum absolute atomic E-state index is 0. The van der Waals surface area contributed by atoms with Crippen molar-refractivity contribution in [3.63, 3.8) is 0 Å². The molecule has 0 bridgehead atoms. The topological polar surface area (TPSA) is 72.0 Å². The van der Waals surface area contributed by atoms with Gasteiger partial charge >= 0.3 is 27.0 Å². The van der Waals surface area contributed by atoms with Crippen LogP contribution in [0.2, 0.25) is 0 Å². The van der Waals surface area contributed by atoms with Gasteiger partial charge in [-0.2, -0.15) is 6.04 Å². The number of nitrogens with one attached hydrogen (secondary N) is 1. The van der Waals surface area contributed by atoms with E-state index in [-0.39, 0.29) is 25.3 Å². The molecule has 0 aromatic heterocycles. The Hall–Kier alpha value is 0.00338. The first-order chi connectivity index (χ1) is 10.8. The molecule has 0 amide bonds. The first kappa shape index (κ1) is 24.0. The molecule has 4 nitrogen and oxygen atoms in total. The maximum absolute atomic E-state index is 12.4. The van der Waals surface area contributed by atoms with Crippen LogP contribution in [-0.2, 0) is 32.7 Å². The molecule has 1 aliphatic carbocycles. The van der Waals surface area contributed by atoms with Crippen molar-refractivity contribution in [3.05, 3.63) is 53.8 Å². The van der Waals surface area contributed by atoms with Crippen molar-refractivity contribution in [3.8, 4) is 0 Å². The second-order valence-corrected chi connectivity index (χ2v) is 8.20. The Morgan fingerprint density at radius 3 is 2.29 bits per heavy atom. The normalized spacial score (nSPS) is 21.2. The van der Waals surface area contributed by atoms with Gasteiger partial charge in [-0.3, -0.25) is 0 Å². The number of halogens is 1. The van der Waals surface area contributed by atoms with E-state index in [2.05, 4.69) is 14.4 Å². The summed E-state index contributed by atoms with van der Waals surface area (Å²) in [5.41, 5.74) is 8.46. The van der Waals surface area contributed by atoms with Crippen LogP contribution in [0.3, 0.4) is 0 Å². The first-order valence-electron chi connectivity index (χ1n) is 7.65. The molecule has 1 N–H and O–H groups in total. The summed E-state index contributed by atoms with van der Waals surface area (Å²) in [6.45, 7) is 3.85. The van der Waals surface area contributed by atoms with Gasteiger partial charge in [0.25, 0.3) is 0 Å². The second-order valence-electron chi connectivity index (χ2n) is 6.54. The molecular formula is C17H27ClN2O2RuS. The molecule has 0 radical (unpaired) electrons. The molecule has 138 valence electrons. The quantitative estimate of drug-likeness (QED) is 0.450. The van der Waals surface area contributed by atoms with E-state index in [9.17, 15) is 8.42 Å². The minimum atomic E-state index is -3.51. The second kappa shape index (κ2) is 10.9. The molecule has 7 heteroatoms. The van der Waals surface area contributed by atoms with Crippen molar-refractivity contribution < 1.29 is 25.7 Å². The Labute approximate surface area is 161 Å². The van der Waals surface area contributed by atoms with Crippen LogP contribution >= 0.6 is 9.69 Å². The summed E-state index contributed by atoms with van der Waals surface area (Å²) in [4.78, 5) is 0. The van der Waals surface area contributed by atoms with E-state index in [1.54, 1.807) is 0 Å². The third kappa shape index (κ3) is 7.49. The molecule has 1 aromatic rings. The molecule has 0 aliphatic heterocycles. The van der Waals surface area contributed by atoms with Crippen molar-refractivity contribution >= 4 is 19.7 Å². The SMILES string of the molecule is CC(C)(CS(=O)(=O)[N-]C1CCCCC1[NH-])c1ccccc1.[CH3-].[Cl][Ru+3]. The Balaban J connectivity index is 0.00000170. The van der Waals surface area contributed by atoms with Gasteiger partial charge in [-0.25, -0.2) is 8.42 Å². The maximum atomic E-state index is 12.4. The molecule has 2 atom stereocenters. The fourth-order valence-corrected chi connectivity index (χ4v) is 4.73. The van der Waals surface area contributed by atoms with E-state index < -0.39 is 15.4 Å². The number of hydrogen-bond donors (Lipinski definition) is 0. The van der Waals surface area contributed by atoms with Gasteiger partial charge in [0.2, 0.25) is 0 Å². The molecular weight excluding hydrogens is 433 g/mol. The van der Waals surface area contributed by atoms with Crippen LogP contribution in [0.4, 0.5) is 0 Å². The number of rotatable bonds is 5. The van der Waals surface area contributed by atoms with Crippen LogP contribution in [0.5, 0.6) is 0 Å². The summed E-state index contributed by atoms with van der Waals surface area (Å²) < 4.78 is 28.8. The van der Waals surface area contributed by atoms with E-state index in [1.165, 1.54) is 0 Å². The molecule has 2 unspecified atom stereocenters. The number of benzene rings is 1. The summed E-state index contributed by atoms with van der Waals surface area (Å²) in [5, 5.41) is 0. The van der Waals surface area contributed by atoms with Gasteiger partial charge in [0.1, 0.15) is 0 Å². The van der Waals surface area contributed by atoms with Crippen LogP contribution in [0.25, 0.3) is 10.5 Å². The van der Waals surface area contributed by atoms with Gasteiger partial charge < -0.3 is 17.9 Å². The number of hydrogen-bond acceptors (Lipinski definition) is 2. The van der Waals surface area contributed by atoms with Gasteiger partial charge in [0, 0.05) is 11.2 Å². The van der Waals surface area contributed by atoms with E-state index in [1.807, 2.05) is 61.5 Å². The first-order valence-corrected chi connectivity index (χ1v) is 11.5. The van der Waals surface area contributed by atoms with Crippen LogP contribution in [-0.4, -0.2) is 26.3 Å². The summed E-state index contributed by atoms with van der Waals surface area (Å²) in [6, 6.07) is 8.94. The van der Waals surface area contributed by atoms with E-state index in [0.717, 1.165) is 31.2 Å². The van der Waals surface area contributed by atoms with Crippen molar-refractivity contribution in [2.24, 2.45) is 0 Å². The van der Waals surface area contributed by atoms with Crippen LogP contribution in [0.1, 0.15) is 45.1 Å². The zero-order valence-electron chi connectivity index (χ0n) is 14.5. The number of nitrogens with zero attached hydrogens (tertiary/aromatic N) is 1. The average Bonchev–Trinajstić information content (AvgIpc) is 2.51.